The summed E-state index contributed by atoms with van der Waals surface area (Å²) in [7, 11) is 0.138. The van der Waals surface area contributed by atoms with E-state index in [2.05, 4.69) is 14.9 Å². The summed E-state index contributed by atoms with van der Waals surface area (Å²) in [5.74, 6) is 0. The molecule has 3 aromatic rings. The second-order valence-corrected chi connectivity index (χ2v) is 10.2. The van der Waals surface area contributed by atoms with Gasteiger partial charge in [0.25, 0.3) is 0 Å². The molecule has 0 spiro atoms. The summed E-state index contributed by atoms with van der Waals surface area (Å²) in [5, 5.41) is 16.0. The lowest BCUT2D eigenvalue weighted by Crippen LogP contribution is -2.14. The molecule has 8 nitrogen and oxygen atoms in total. The van der Waals surface area contributed by atoms with E-state index in [-0.39, 0.29) is 4.90 Å². The number of hydrogen-bond donors (Lipinski definition) is 1. The van der Waals surface area contributed by atoms with Crippen molar-refractivity contribution in [1.29, 1.82) is 0 Å². The van der Waals surface area contributed by atoms with Crippen LogP contribution in [0.15, 0.2) is 64.0 Å². The Morgan fingerprint density at radius 2 is 1.35 bits per heavy atom. The van der Waals surface area contributed by atoms with Crippen molar-refractivity contribution in [3.8, 4) is 0 Å². The van der Waals surface area contributed by atoms with Crippen LogP contribution in [0.2, 0.25) is 0 Å². The second kappa shape index (κ2) is 9.89. The van der Waals surface area contributed by atoms with Crippen LogP contribution in [0.1, 0.15) is 53.8 Å². The molecular weight excluding hydrogens is 452 g/mol. The Morgan fingerprint density at radius 1 is 0.824 bits per heavy atom. The first-order valence-corrected chi connectivity index (χ1v) is 12.8. The van der Waals surface area contributed by atoms with Crippen LogP contribution in [-0.2, 0) is 41.3 Å². The summed E-state index contributed by atoms with van der Waals surface area (Å²) in [4.78, 5) is 0.117. The zero-order valence-electron chi connectivity index (χ0n) is 19.7. The van der Waals surface area contributed by atoms with Crippen molar-refractivity contribution in [2.45, 2.75) is 50.3 Å². The van der Waals surface area contributed by atoms with Gasteiger partial charge in [0.15, 0.2) is 0 Å². The van der Waals surface area contributed by atoms with Crippen LogP contribution in [0.3, 0.4) is 0 Å². The highest BCUT2D eigenvalue weighted by Gasteiger charge is 2.21. The van der Waals surface area contributed by atoms with Crippen LogP contribution in [0.4, 0.5) is 0 Å². The van der Waals surface area contributed by atoms with E-state index < -0.39 is 10.1 Å². The minimum atomic E-state index is -3.87. The molecule has 2 heterocycles. The molecule has 9 heteroatoms. The summed E-state index contributed by atoms with van der Waals surface area (Å²) in [5.41, 5.74) is 7.07. The van der Waals surface area contributed by atoms with Crippen LogP contribution in [0.5, 0.6) is 0 Å². The highest BCUT2D eigenvalue weighted by Crippen LogP contribution is 2.24. The summed E-state index contributed by atoms with van der Waals surface area (Å²) < 4.78 is 33.4. The van der Waals surface area contributed by atoms with E-state index in [1.165, 1.54) is 23.5 Å². The lowest BCUT2D eigenvalue weighted by molar-refractivity contribution is 0.317. The maximum Gasteiger partial charge on any atom is 0.358 e. The number of rotatable bonds is 3. The second-order valence-electron chi connectivity index (χ2n) is 8.71. The fourth-order valence-electron chi connectivity index (χ4n) is 4.43. The van der Waals surface area contributed by atoms with E-state index in [0.717, 1.165) is 60.9 Å². The van der Waals surface area contributed by atoms with Crippen molar-refractivity contribution in [1.82, 2.24) is 9.13 Å². The minimum absolute atomic E-state index is 0.117. The third kappa shape index (κ3) is 4.94. The minimum Gasteiger partial charge on any atom is -0.411 e. The predicted molar refractivity (Wildman–Crippen MR) is 131 cm³/mol. The largest absolute Gasteiger partial charge is 0.411 e. The van der Waals surface area contributed by atoms with Crippen LogP contribution >= 0.6 is 0 Å². The summed E-state index contributed by atoms with van der Waals surface area (Å²) in [6, 6.07) is 10.5. The number of oxime groups is 2. The van der Waals surface area contributed by atoms with E-state index in [1.54, 1.807) is 12.1 Å². The Kier molecular flexibility index (Phi) is 6.92. The standard InChI is InChI=1S/C16H18N2O3S.C9H12N2O/c1-12-6-8-13(9-7-12)22(19,20)21-17-15-4-3-5-16-14(15)10-11-18(16)2;1-11-6-5-7-8(10-12)3-2-4-9(7)11/h6-11H,3-5H2,1-2H3;5-6,12H,2-4H2,1H3/b17-15+;10-8+. The molecule has 0 aliphatic heterocycles. The normalized spacial score (nSPS) is 17.6. The molecule has 34 heavy (non-hydrogen) atoms. The van der Waals surface area contributed by atoms with Gasteiger partial charge in [0.1, 0.15) is 4.90 Å². The van der Waals surface area contributed by atoms with Crippen LogP contribution in [-0.4, -0.2) is 34.2 Å². The molecule has 1 N–H and O–H groups in total. The average molecular weight is 483 g/mol. The van der Waals surface area contributed by atoms with E-state index in [0.29, 0.717) is 5.71 Å². The van der Waals surface area contributed by atoms with Crippen molar-refractivity contribution < 1.29 is 17.9 Å². The van der Waals surface area contributed by atoms with Gasteiger partial charge in [-0.15, -0.1) is 0 Å². The summed E-state index contributed by atoms with van der Waals surface area (Å²) >= 11 is 0. The third-order valence-electron chi connectivity index (χ3n) is 6.36. The van der Waals surface area contributed by atoms with Gasteiger partial charge in [-0.2, -0.15) is 8.42 Å². The van der Waals surface area contributed by atoms with Gasteiger partial charge in [-0.1, -0.05) is 28.0 Å². The number of nitrogens with zero attached hydrogens (tertiary/aromatic N) is 4. The summed E-state index contributed by atoms with van der Waals surface area (Å²) in [6.45, 7) is 1.90. The van der Waals surface area contributed by atoms with Gasteiger partial charge in [0.05, 0.1) is 11.4 Å². The lowest BCUT2D eigenvalue weighted by Gasteiger charge is -2.15. The lowest BCUT2D eigenvalue weighted by atomic mass is 9.96. The molecule has 1 aromatic carbocycles. The van der Waals surface area contributed by atoms with Crippen molar-refractivity contribution in [2.24, 2.45) is 24.4 Å². The number of hydrogen-bond acceptors (Lipinski definition) is 6. The molecule has 0 saturated carbocycles. The van der Waals surface area contributed by atoms with Crippen LogP contribution in [0, 0.1) is 6.92 Å². The van der Waals surface area contributed by atoms with Gasteiger partial charge in [-0.3, -0.25) is 4.28 Å². The molecule has 2 aliphatic rings. The quantitative estimate of drug-likeness (QED) is 0.444. The topological polar surface area (TPSA) is 98.2 Å². The predicted octanol–water partition coefficient (Wildman–Crippen LogP) is 4.32. The Hall–Kier alpha value is -3.33. The van der Waals surface area contributed by atoms with Gasteiger partial charge in [0, 0.05) is 49.0 Å². The van der Waals surface area contributed by atoms with E-state index in [4.69, 9.17) is 9.49 Å². The first-order valence-electron chi connectivity index (χ1n) is 11.4. The maximum atomic E-state index is 12.2. The number of fused-ring (bicyclic) bond motifs is 2. The monoisotopic (exact) mass is 482 g/mol. The molecule has 0 atom stereocenters. The van der Waals surface area contributed by atoms with Gasteiger partial charge in [0.2, 0.25) is 0 Å². The molecule has 5 rings (SSSR count). The van der Waals surface area contributed by atoms with E-state index in [9.17, 15) is 8.42 Å². The molecule has 0 radical (unpaired) electrons. The molecule has 180 valence electrons. The first kappa shape index (κ1) is 23.8. The highest BCUT2D eigenvalue weighted by molar-refractivity contribution is 7.86. The van der Waals surface area contributed by atoms with Gasteiger partial charge in [-0.05, 0) is 69.7 Å². The molecule has 0 fully saturated rings. The highest BCUT2D eigenvalue weighted by atomic mass is 32.2. The zero-order chi connectivity index (χ0) is 24.3. The van der Waals surface area contributed by atoms with Gasteiger partial charge in [-0.25, -0.2) is 0 Å². The van der Waals surface area contributed by atoms with Crippen molar-refractivity contribution in [3.05, 3.63) is 76.9 Å². The zero-order valence-corrected chi connectivity index (χ0v) is 20.5. The smallest absolute Gasteiger partial charge is 0.358 e. The molecule has 2 aromatic heterocycles. The van der Waals surface area contributed by atoms with E-state index in [1.807, 2.05) is 50.1 Å². The van der Waals surface area contributed by atoms with Gasteiger partial charge >= 0.3 is 10.1 Å². The molecule has 0 amide bonds. The van der Waals surface area contributed by atoms with Crippen molar-refractivity contribution >= 4 is 21.5 Å². The molecule has 0 unspecified atom stereocenters. The maximum absolute atomic E-state index is 12.2. The van der Waals surface area contributed by atoms with Gasteiger partial charge < -0.3 is 14.3 Å². The SMILES string of the molecule is Cc1ccc(S(=O)(=O)O/N=C2\CCCc3c2ccn3C)cc1.Cn1ccc2c1CCC/C2=N\O. The van der Waals surface area contributed by atoms with Crippen LogP contribution < -0.4 is 0 Å². The Balaban J connectivity index is 0.000000192. The fraction of sp³-hybridized carbons (Fsp3) is 0.360. The van der Waals surface area contributed by atoms with Crippen molar-refractivity contribution in [3.63, 3.8) is 0 Å². The third-order valence-corrected chi connectivity index (χ3v) is 7.48. The molecule has 2 aliphatic carbocycles. The number of benzene rings is 1. The fourth-order valence-corrected chi connectivity index (χ4v) is 5.17. The molecular formula is C25H30N4O4S. The van der Waals surface area contributed by atoms with Crippen LogP contribution in [0.25, 0.3) is 0 Å². The first-order chi connectivity index (χ1) is 16.3. The number of aromatic nitrogens is 2. The molecule has 0 saturated heterocycles. The summed E-state index contributed by atoms with van der Waals surface area (Å²) in [6.07, 6.45) is 9.69. The Bertz CT molecular complexity index is 1330. The average Bonchev–Trinajstić information content (AvgIpc) is 3.41. The van der Waals surface area contributed by atoms with E-state index >= 15 is 0 Å². The number of aryl methyl sites for hydroxylation is 3. The Morgan fingerprint density at radius 3 is 1.91 bits per heavy atom. The Labute approximate surface area is 200 Å². The van der Waals surface area contributed by atoms with Crippen molar-refractivity contribution in [2.75, 3.05) is 0 Å². The molecule has 0 bridgehead atoms.